The molecule has 0 aliphatic heterocycles. The van der Waals surface area contributed by atoms with Gasteiger partial charge in [-0.1, -0.05) is 15.9 Å². The second kappa shape index (κ2) is 4.71. The lowest BCUT2D eigenvalue weighted by Crippen LogP contribution is -2.22. The van der Waals surface area contributed by atoms with Crippen LogP contribution in [0.15, 0.2) is 22.8 Å². The molecule has 0 radical (unpaired) electrons. The average Bonchev–Trinajstić information content (AvgIpc) is 1.99. The van der Waals surface area contributed by atoms with Crippen molar-refractivity contribution in [2.75, 3.05) is 17.3 Å². The number of rotatable bonds is 3. The summed E-state index contributed by atoms with van der Waals surface area (Å²) < 4.78 is 22.4. The number of hydrogen-bond acceptors (Lipinski definition) is 4. The Morgan fingerprint density at radius 1 is 1.60 bits per heavy atom. The summed E-state index contributed by atoms with van der Waals surface area (Å²) >= 11 is 3.20. The lowest BCUT2D eigenvalue weighted by molar-refractivity contribution is -0.113. The van der Waals surface area contributed by atoms with Crippen LogP contribution in [0.2, 0.25) is 0 Å². The predicted octanol–water partition coefficient (Wildman–Crippen LogP) is 0.827. The van der Waals surface area contributed by atoms with E-state index in [0.29, 0.717) is 5.82 Å². The van der Waals surface area contributed by atoms with Crippen molar-refractivity contribution in [1.29, 1.82) is 0 Å². The number of pyridine rings is 1. The maximum absolute atomic E-state index is 11.2. The van der Waals surface area contributed by atoms with Crippen molar-refractivity contribution in [3.63, 3.8) is 0 Å². The number of nitrogens with one attached hydrogen (secondary N) is 1. The van der Waals surface area contributed by atoms with E-state index in [1.165, 1.54) is 6.20 Å². The Hall–Kier alpha value is -0.950. The molecule has 82 valence electrons. The summed E-state index contributed by atoms with van der Waals surface area (Å²) in [6, 6.07) is 3.28. The third-order valence-corrected chi connectivity index (χ3v) is 2.66. The van der Waals surface area contributed by atoms with E-state index >= 15 is 0 Å². The molecule has 0 bridgehead atoms. The van der Waals surface area contributed by atoms with Crippen LogP contribution in [-0.4, -0.2) is 31.3 Å². The molecule has 0 aliphatic carbocycles. The Bertz CT molecular complexity index is 473. The van der Waals surface area contributed by atoms with E-state index in [9.17, 15) is 13.2 Å². The second-order valence-electron chi connectivity index (χ2n) is 2.98. The minimum Gasteiger partial charge on any atom is -0.310 e. The number of carbonyl (C=O) groups excluding carboxylic acids is 1. The van der Waals surface area contributed by atoms with Gasteiger partial charge in [0.1, 0.15) is 11.6 Å². The molecule has 1 rings (SSSR count). The van der Waals surface area contributed by atoms with Crippen LogP contribution in [0.25, 0.3) is 0 Å². The van der Waals surface area contributed by atoms with Gasteiger partial charge in [0.05, 0.1) is 0 Å². The van der Waals surface area contributed by atoms with E-state index in [1.54, 1.807) is 12.1 Å². The van der Waals surface area contributed by atoms with Gasteiger partial charge in [0.15, 0.2) is 9.84 Å². The highest BCUT2D eigenvalue weighted by Crippen LogP contribution is 2.12. The van der Waals surface area contributed by atoms with Crippen LogP contribution in [0.4, 0.5) is 5.82 Å². The van der Waals surface area contributed by atoms with Crippen LogP contribution in [0.1, 0.15) is 0 Å². The topological polar surface area (TPSA) is 76.1 Å². The van der Waals surface area contributed by atoms with E-state index in [4.69, 9.17) is 0 Å². The smallest absolute Gasteiger partial charge is 0.240 e. The normalized spacial score (nSPS) is 11.1. The summed E-state index contributed by atoms with van der Waals surface area (Å²) in [7, 11) is -3.31. The molecule has 0 aromatic carbocycles. The standard InChI is InChI=1S/C8H9BrN2O3S/c1-15(13,14)5-8(12)11-7-4-6(9)2-3-10-7/h2-4H,5H2,1H3,(H,10,11,12). The van der Waals surface area contributed by atoms with Gasteiger partial charge in [-0.3, -0.25) is 4.79 Å². The number of nitrogens with zero attached hydrogens (tertiary/aromatic N) is 1. The molecule has 5 nitrogen and oxygen atoms in total. The fourth-order valence-corrected chi connectivity index (χ4v) is 1.77. The lowest BCUT2D eigenvalue weighted by atomic mass is 10.4. The first-order valence-corrected chi connectivity index (χ1v) is 6.81. The van der Waals surface area contributed by atoms with E-state index in [-0.39, 0.29) is 0 Å². The molecule has 0 spiro atoms. The van der Waals surface area contributed by atoms with Crippen LogP contribution in [-0.2, 0) is 14.6 Å². The third-order valence-electron chi connectivity index (χ3n) is 1.38. The minimum atomic E-state index is -3.31. The van der Waals surface area contributed by atoms with Gasteiger partial charge in [-0.05, 0) is 12.1 Å². The maximum Gasteiger partial charge on any atom is 0.240 e. The molecular weight excluding hydrogens is 284 g/mol. The van der Waals surface area contributed by atoms with Gasteiger partial charge in [0.25, 0.3) is 0 Å². The summed E-state index contributed by atoms with van der Waals surface area (Å²) in [4.78, 5) is 15.0. The first-order chi connectivity index (χ1) is 6.87. The fourth-order valence-electron chi connectivity index (χ4n) is 0.890. The van der Waals surface area contributed by atoms with E-state index in [1.807, 2.05) is 0 Å². The Balaban J connectivity index is 2.67. The highest BCUT2D eigenvalue weighted by Gasteiger charge is 2.11. The van der Waals surface area contributed by atoms with Gasteiger partial charge < -0.3 is 5.32 Å². The molecule has 7 heteroatoms. The quantitative estimate of drug-likeness (QED) is 0.895. The molecule has 1 heterocycles. The Morgan fingerprint density at radius 2 is 2.27 bits per heavy atom. The number of sulfone groups is 1. The van der Waals surface area contributed by atoms with Crippen molar-refractivity contribution in [3.8, 4) is 0 Å². The number of hydrogen-bond donors (Lipinski definition) is 1. The molecule has 0 unspecified atom stereocenters. The van der Waals surface area contributed by atoms with E-state index in [0.717, 1.165) is 10.7 Å². The molecule has 0 fully saturated rings. The van der Waals surface area contributed by atoms with E-state index < -0.39 is 21.5 Å². The number of amides is 1. The summed E-state index contributed by atoms with van der Waals surface area (Å²) in [5.41, 5.74) is 0. The monoisotopic (exact) mass is 292 g/mol. The Morgan fingerprint density at radius 3 is 2.80 bits per heavy atom. The largest absolute Gasteiger partial charge is 0.310 e. The number of aromatic nitrogens is 1. The van der Waals surface area contributed by atoms with Gasteiger partial charge in [-0.2, -0.15) is 0 Å². The molecule has 0 saturated heterocycles. The molecule has 1 aromatic rings. The molecule has 0 aliphatic rings. The molecule has 1 amide bonds. The van der Waals surface area contributed by atoms with Gasteiger partial charge in [-0.25, -0.2) is 13.4 Å². The lowest BCUT2D eigenvalue weighted by Gasteiger charge is -2.03. The van der Waals surface area contributed by atoms with Crippen molar-refractivity contribution in [2.24, 2.45) is 0 Å². The first kappa shape index (κ1) is 12.1. The van der Waals surface area contributed by atoms with Gasteiger partial charge in [0.2, 0.25) is 5.91 Å². The van der Waals surface area contributed by atoms with Gasteiger partial charge >= 0.3 is 0 Å². The molecule has 0 atom stereocenters. The SMILES string of the molecule is CS(=O)(=O)CC(=O)Nc1cc(Br)ccn1. The van der Waals surface area contributed by atoms with E-state index in [2.05, 4.69) is 26.2 Å². The number of carbonyl (C=O) groups is 1. The van der Waals surface area contributed by atoms with Crippen LogP contribution < -0.4 is 5.32 Å². The minimum absolute atomic E-state index is 0.318. The van der Waals surface area contributed by atoms with Crippen molar-refractivity contribution >= 4 is 37.5 Å². The summed E-state index contributed by atoms with van der Waals surface area (Å²) in [5, 5.41) is 2.38. The number of anilines is 1. The fraction of sp³-hybridized carbons (Fsp3) is 0.250. The van der Waals surface area contributed by atoms with Gasteiger partial charge in [-0.15, -0.1) is 0 Å². The van der Waals surface area contributed by atoms with Crippen molar-refractivity contribution < 1.29 is 13.2 Å². The number of halogens is 1. The second-order valence-corrected chi connectivity index (χ2v) is 6.03. The van der Waals surface area contributed by atoms with Crippen LogP contribution in [0.3, 0.4) is 0 Å². The Labute approximate surface area is 96.0 Å². The zero-order valence-corrected chi connectivity index (χ0v) is 10.3. The molecule has 0 saturated carbocycles. The summed E-state index contributed by atoms with van der Waals surface area (Å²) in [6.45, 7) is 0. The van der Waals surface area contributed by atoms with Crippen molar-refractivity contribution in [1.82, 2.24) is 4.98 Å². The first-order valence-electron chi connectivity index (χ1n) is 3.96. The van der Waals surface area contributed by atoms with Crippen LogP contribution in [0, 0.1) is 0 Å². The molecule has 1 aromatic heterocycles. The van der Waals surface area contributed by atoms with Crippen LogP contribution in [0.5, 0.6) is 0 Å². The van der Waals surface area contributed by atoms with Crippen molar-refractivity contribution in [2.45, 2.75) is 0 Å². The van der Waals surface area contributed by atoms with Crippen molar-refractivity contribution in [3.05, 3.63) is 22.8 Å². The predicted molar refractivity (Wildman–Crippen MR) is 60.3 cm³/mol. The zero-order chi connectivity index (χ0) is 11.5. The zero-order valence-electron chi connectivity index (χ0n) is 7.90. The highest BCUT2D eigenvalue weighted by molar-refractivity contribution is 9.10. The third kappa shape index (κ3) is 4.89. The maximum atomic E-state index is 11.2. The van der Waals surface area contributed by atoms with Gasteiger partial charge in [0, 0.05) is 16.9 Å². The molecule has 15 heavy (non-hydrogen) atoms. The average molecular weight is 293 g/mol. The van der Waals surface area contributed by atoms with Crippen LogP contribution >= 0.6 is 15.9 Å². The summed E-state index contributed by atoms with van der Waals surface area (Å²) in [5.74, 6) is -0.817. The molecular formula is C8H9BrN2O3S. The Kier molecular flexibility index (Phi) is 3.81. The highest BCUT2D eigenvalue weighted by atomic mass is 79.9. The molecule has 1 N–H and O–H groups in total. The summed E-state index contributed by atoms with van der Waals surface area (Å²) in [6.07, 6.45) is 2.50.